The van der Waals surface area contributed by atoms with Gasteiger partial charge < -0.3 is 14.7 Å². The largest absolute Gasteiger partial charge is 0.360 e. The minimum absolute atomic E-state index is 0.0829. The molecule has 0 unspecified atom stereocenters. The highest BCUT2D eigenvalue weighted by Crippen LogP contribution is 2.12. The van der Waals surface area contributed by atoms with Gasteiger partial charge in [-0.15, -0.1) is 0 Å². The zero-order chi connectivity index (χ0) is 14.8. The number of amides is 3. The number of hydrogen-bond donors (Lipinski definition) is 1. The fourth-order valence-electron chi connectivity index (χ4n) is 2.93. The molecule has 1 aromatic rings. The lowest BCUT2D eigenvalue weighted by Crippen LogP contribution is -3.16. The molecule has 3 rings (SSSR count). The van der Waals surface area contributed by atoms with Gasteiger partial charge in [0.25, 0.3) is 5.91 Å². The number of hydrogen-bond acceptors (Lipinski definition) is 3. The molecule has 21 heavy (non-hydrogen) atoms. The Hall–Kier alpha value is -2.08. The molecule has 2 heterocycles. The summed E-state index contributed by atoms with van der Waals surface area (Å²) in [5.41, 5.74) is 1.24. The maximum atomic E-state index is 11.9. The molecule has 1 N–H and O–H groups in total. The number of benzene rings is 1. The van der Waals surface area contributed by atoms with Crippen LogP contribution in [0.1, 0.15) is 0 Å². The van der Waals surface area contributed by atoms with E-state index in [0.717, 1.165) is 26.2 Å². The third kappa shape index (κ3) is 2.85. The van der Waals surface area contributed by atoms with Gasteiger partial charge in [0.2, 0.25) is 0 Å². The van der Waals surface area contributed by atoms with Crippen LogP contribution in [0.2, 0.25) is 0 Å². The molecule has 0 spiro atoms. The summed E-state index contributed by atoms with van der Waals surface area (Å²) in [4.78, 5) is 30.2. The van der Waals surface area contributed by atoms with E-state index in [0.29, 0.717) is 6.67 Å². The zero-order valence-corrected chi connectivity index (χ0v) is 12.3. The van der Waals surface area contributed by atoms with Gasteiger partial charge in [0.05, 0.1) is 26.2 Å². The summed E-state index contributed by atoms with van der Waals surface area (Å²) < 4.78 is 0. The maximum Gasteiger partial charge on any atom is 0.331 e. The lowest BCUT2D eigenvalue weighted by atomic mass is 10.2. The second kappa shape index (κ2) is 5.73. The van der Waals surface area contributed by atoms with Gasteiger partial charge >= 0.3 is 6.03 Å². The lowest BCUT2D eigenvalue weighted by molar-refractivity contribution is -0.907. The number of rotatable bonds is 3. The third-order valence-electron chi connectivity index (χ3n) is 4.20. The van der Waals surface area contributed by atoms with Crippen LogP contribution in [0, 0.1) is 0 Å². The number of likely N-dealkylation sites (N-methyl/N-ethyl adjacent to an activating group) is 1. The minimum Gasteiger partial charge on any atom is -0.360 e. The van der Waals surface area contributed by atoms with Crippen molar-refractivity contribution in [3.05, 3.63) is 30.3 Å². The molecule has 2 fully saturated rings. The van der Waals surface area contributed by atoms with Crippen molar-refractivity contribution in [2.45, 2.75) is 0 Å². The van der Waals surface area contributed by atoms with E-state index >= 15 is 0 Å². The zero-order valence-electron chi connectivity index (χ0n) is 12.3. The van der Waals surface area contributed by atoms with E-state index in [2.05, 4.69) is 17.0 Å². The number of urea groups is 1. The monoisotopic (exact) mass is 289 g/mol. The Morgan fingerprint density at radius 3 is 2.33 bits per heavy atom. The predicted octanol–water partition coefficient (Wildman–Crippen LogP) is -0.757. The fraction of sp³-hybridized carbons (Fsp3) is 0.467. The number of carbonyl (C=O) groups is 2. The number of nitrogens with zero attached hydrogens (tertiary/aromatic N) is 3. The first-order valence-corrected chi connectivity index (χ1v) is 7.34. The van der Waals surface area contributed by atoms with Gasteiger partial charge in [0, 0.05) is 12.7 Å². The quantitative estimate of drug-likeness (QED) is 0.745. The highest BCUT2D eigenvalue weighted by molar-refractivity contribution is 6.01. The Labute approximate surface area is 124 Å². The molecular weight excluding hydrogens is 268 g/mol. The topological polar surface area (TPSA) is 48.3 Å². The SMILES string of the molecule is CN1CC(=O)N(C[NH+]2CCN(c3ccccc3)CC2)C1=O. The van der Waals surface area contributed by atoms with Crippen LogP contribution in [0.25, 0.3) is 0 Å². The summed E-state index contributed by atoms with van der Waals surface area (Å²) in [5.74, 6) is -0.0829. The average Bonchev–Trinajstić information content (AvgIpc) is 2.75. The Kier molecular flexibility index (Phi) is 3.79. The van der Waals surface area contributed by atoms with E-state index < -0.39 is 0 Å². The normalized spacial score (nSPS) is 20.5. The standard InChI is InChI=1S/C15H20N4O2/c1-16-11-14(20)19(15(16)21)12-17-7-9-18(10-8-17)13-5-3-2-4-6-13/h2-6H,7-12H2,1H3/p+1. The highest BCUT2D eigenvalue weighted by Gasteiger charge is 2.36. The molecule has 2 aliphatic heterocycles. The van der Waals surface area contributed by atoms with E-state index in [-0.39, 0.29) is 18.5 Å². The lowest BCUT2D eigenvalue weighted by Gasteiger charge is -2.34. The van der Waals surface area contributed by atoms with Crippen LogP contribution in [-0.4, -0.2) is 68.2 Å². The van der Waals surface area contributed by atoms with Crippen LogP contribution in [0.4, 0.5) is 10.5 Å². The number of para-hydroxylation sites is 1. The molecule has 112 valence electrons. The van der Waals surface area contributed by atoms with Gasteiger partial charge in [-0.3, -0.25) is 4.79 Å². The average molecular weight is 289 g/mol. The molecule has 0 aromatic heterocycles. The molecule has 0 bridgehead atoms. The van der Waals surface area contributed by atoms with E-state index in [1.807, 2.05) is 18.2 Å². The van der Waals surface area contributed by atoms with Crippen LogP contribution in [0.3, 0.4) is 0 Å². The number of quaternary nitrogens is 1. The van der Waals surface area contributed by atoms with Crippen LogP contribution < -0.4 is 9.80 Å². The Morgan fingerprint density at radius 2 is 1.76 bits per heavy atom. The number of piperazine rings is 1. The van der Waals surface area contributed by atoms with Gasteiger partial charge in [0.1, 0.15) is 6.54 Å². The van der Waals surface area contributed by atoms with Crippen LogP contribution in [0.15, 0.2) is 30.3 Å². The molecule has 1 aromatic carbocycles. The first kappa shape index (κ1) is 13.9. The summed E-state index contributed by atoms with van der Waals surface area (Å²) in [6.07, 6.45) is 0. The van der Waals surface area contributed by atoms with Gasteiger partial charge in [0.15, 0.2) is 6.67 Å². The van der Waals surface area contributed by atoms with E-state index in [1.165, 1.54) is 20.4 Å². The molecule has 6 heteroatoms. The van der Waals surface area contributed by atoms with Crippen molar-refractivity contribution < 1.29 is 14.5 Å². The van der Waals surface area contributed by atoms with Gasteiger partial charge in [-0.05, 0) is 12.1 Å². The second-order valence-electron chi connectivity index (χ2n) is 5.69. The molecule has 0 radical (unpaired) electrons. The van der Waals surface area contributed by atoms with Crippen molar-refractivity contribution >= 4 is 17.6 Å². The van der Waals surface area contributed by atoms with Crippen molar-refractivity contribution in [2.75, 3.05) is 51.3 Å². The number of imide groups is 1. The van der Waals surface area contributed by atoms with Gasteiger partial charge in [-0.25, -0.2) is 9.69 Å². The first-order valence-electron chi connectivity index (χ1n) is 7.34. The van der Waals surface area contributed by atoms with Crippen molar-refractivity contribution in [2.24, 2.45) is 0 Å². The van der Waals surface area contributed by atoms with Crippen molar-refractivity contribution in [3.63, 3.8) is 0 Å². The Bertz CT molecular complexity index is 526. The molecule has 0 saturated carbocycles. The molecule has 0 aliphatic carbocycles. The van der Waals surface area contributed by atoms with Gasteiger partial charge in [-0.2, -0.15) is 0 Å². The number of nitrogens with one attached hydrogen (secondary N) is 1. The molecule has 2 saturated heterocycles. The third-order valence-corrected chi connectivity index (χ3v) is 4.20. The number of carbonyl (C=O) groups excluding carboxylic acids is 2. The summed E-state index contributed by atoms with van der Waals surface area (Å²) in [6.45, 7) is 4.48. The first-order chi connectivity index (χ1) is 10.1. The van der Waals surface area contributed by atoms with Crippen molar-refractivity contribution in [1.82, 2.24) is 9.80 Å². The van der Waals surface area contributed by atoms with Crippen molar-refractivity contribution in [3.8, 4) is 0 Å². The molecule has 3 amide bonds. The minimum atomic E-state index is -0.169. The van der Waals surface area contributed by atoms with E-state index in [9.17, 15) is 9.59 Å². The summed E-state index contributed by atoms with van der Waals surface area (Å²) in [5, 5.41) is 0. The molecule has 2 aliphatic rings. The van der Waals surface area contributed by atoms with E-state index in [1.54, 1.807) is 7.05 Å². The Morgan fingerprint density at radius 1 is 1.10 bits per heavy atom. The van der Waals surface area contributed by atoms with Crippen LogP contribution in [-0.2, 0) is 4.79 Å². The highest BCUT2D eigenvalue weighted by atomic mass is 16.2. The fourth-order valence-corrected chi connectivity index (χ4v) is 2.93. The second-order valence-corrected chi connectivity index (χ2v) is 5.69. The van der Waals surface area contributed by atoms with Crippen molar-refractivity contribution in [1.29, 1.82) is 0 Å². The van der Waals surface area contributed by atoms with Gasteiger partial charge in [-0.1, -0.05) is 18.2 Å². The molecule has 0 atom stereocenters. The summed E-state index contributed by atoms with van der Waals surface area (Å²) in [6, 6.07) is 10.2. The van der Waals surface area contributed by atoms with E-state index in [4.69, 9.17) is 0 Å². The molecule has 6 nitrogen and oxygen atoms in total. The molecular formula is C15H21N4O2+. The van der Waals surface area contributed by atoms with Crippen LogP contribution in [0.5, 0.6) is 0 Å². The summed E-state index contributed by atoms with van der Waals surface area (Å²) >= 11 is 0. The summed E-state index contributed by atoms with van der Waals surface area (Å²) in [7, 11) is 1.67. The number of anilines is 1. The maximum absolute atomic E-state index is 11.9. The smallest absolute Gasteiger partial charge is 0.331 e. The Balaban J connectivity index is 1.55. The van der Waals surface area contributed by atoms with Crippen LogP contribution >= 0.6 is 0 Å². The predicted molar refractivity (Wildman–Crippen MR) is 79.1 cm³/mol.